The molecule has 0 aliphatic carbocycles. The second-order valence-electron chi connectivity index (χ2n) is 5.01. The van der Waals surface area contributed by atoms with Crippen LogP contribution in [0.15, 0.2) is 46.8 Å². The number of allylic oxidation sites excluding steroid dienone is 1. The van der Waals surface area contributed by atoms with Crippen molar-refractivity contribution < 1.29 is 0 Å². The van der Waals surface area contributed by atoms with Gasteiger partial charge < -0.3 is 4.98 Å². The summed E-state index contributed by atoms with van der Waals surface area (Å²) in [6.07, 6.45) is 5.69. The fourth-order valence-electron chi connectivity index (χ4n) is 2.42. The van der Waals surface area contributed by atoms with Gasteiger partial charge in [-0.3, -0.25) is 4.79 Å². The summed E-state index contributed by atoms with van der Waals surface area (Å²) in [5.41, 5.74) is 2.80. The number of H-pyrrole nitrogens is 1. The molecule has 1 N–H and O–H groups in total. The molecule has 0 atom stereocenters. The van der Waals surface area contributed by atoms with Gasteiger partial charge in [0.25, 0.3) is 5.56 Å². The summed E-state index contributed by atoms with van der Waals surface area (Å²) in [5, 5.41) is 6.82. The Bertz CT molecular complexity index is 1070. The molecule has 0 spiro atoms. The molecule has 0 bridgehead atoms. The molecule has 0 aliphatic heterocycles. The Morgan fingerprint density at radius 1 is 1.36 bits per heavy atom. The molecule has 4 aromatic rings. The van der Waals surface area contributed by atoms with Gasteiger partial charge in [0.05, 0.1) is 17.1 Å². The summed E-state index contributed by atoms with van der Waals surface area (Å²) in [4.78, 5) is 20.2. The van der Waals surface area contributed by atoms with Crippen LogP contribution in [0.2, 0.25) is 0 Å². The molecule has 0 saturated heterocycles. The molecule has 108 valence electrons. The maximum Gasteiger partial charge on any atom is 0.259 e. The summed E-state index contributed by atoms with van der Waals surface area (Å²) >= 11 is 1.47. The molecule has 0 saturated carbocycles. The molecule has 0 unspecified atom stereocenters. The summed E-state index contributed by atoms with van der Waals surface area (Å²) in [6.45, 7) is 1.93. The minimum absolute atomic E-state index is 0.103. The quantitative estimate of drug-likeness (QED) is 0.618. The predicted molar refractivity (Wildman–Crippen MR) is 89.0 cm³/mol. The second-order valence-corrected chi connectivity index (χ2v) is 5.91. The Morgan fingerprint density at radius 3 is 3.18 bits per heavy atom. The van der Waals surface area contributed by atoms with Gasteiger partial charge in [-0.15, -0.1) is 11.3 Å². The lowest BCUT2D eigenvalue weighted by molar-refractivity contribution is 0.961. The number of fused-ring (bicyclic) bond motifs is 2. The smallest absolute Gasteiger partial charge is 0.259 e. The van der Waals surface area contributed by atoms with Crippen LogP contribution in [0.25, 0.3) is 27.4 Å². The van der Waals surface area contributed by atoms with Gasteiger partial charge in [0.2, 0.25) is 0 Å². The number of aromatic nitrogens is 4. The van der Waals surface area contributed by atoms with E-state index in [0.717, 1.165) is 21.5 Å². The van der Waals surface area contributed by atoms with Gasteiger partial charge in [-0.25, -0.2) is 9.50 Å². The molecule has 22 heavy (non-hydrogen) atoms. The lowest BCUT2D eigenvalue weighted by Crippen LogP contribution is -2.09. The van der Waals surface area contributed by atoms with Crippen molar-refractivity contribution in [3.8, 4) is 0 Å². The highest BCUT2D eigenvalue weighted by Crippen LogP contribution is 2.20. The van der Waals surface area contributed by atoms with Crippen molar-refractivity contribution in [2.75, 3.05) is 0 Å². The normalized spacial score (nSPS) is 12.3. The highest BCUT2D eigenvalue weighted by molar-refractivity contribution is 7.16. The van der Waals surface area contributed by atoms with Crippen molar-refractivity contribution in [2.45, 2.75) is 6.92 Å². The van der Waals surface area contributed by atoms with Gasteiger partial charge in [-0.1, -0.05) is 6.07 Å². The molecular formula is C16H12N4OS. The molecule has 6 heteroatoms. The molecular weight excluding hydrogens is 296 g/mol. The van der Waals surface area contributed by atoms with Crippen LogP contribution in [-0.4, -0.2) is 19.6 Å². The average Bonchev–Trinajstić information content (AvgIpc) is 3.15. The summed E-state index contributed by atoms with van der Waals surface area (Å²) in [7, 11) is 0. The predicted octanol–water partition coefficient (Wildman–Crippen LogP) is 3.19. The minimum atomic E-state index is -0.103. The van der Waals surface area contributed by atoms with Gasteiger partial charge in [0.1, 0.15) is 10.7 Å². The van der Waals surface area contributed by atoms with Crippen molar-refractivity contribution >= 4 is 38.7 Å². The van der Waals surface area contributed by atoms with Crippen LogP contribution in [0.3, 0.4) is 0 Å². The number of rotatable bonds is 2. The lowest BCUT2D eigenvalue weighted by Gasteiger charge is -2.01. The third-order valence-electron chi connectivity index (χ3n) is 3.54. The zero-order chi connectivity index (χ0) is 15.1. The highest BCUT2D eigenvalue weighted by atomic mass is 32.1. The fourth-order valence-corrected chi connectivity index (χ4v) is 3.18. The monoisotopic (exact) mass is 308 g/mol. The summed E-state index contributed by atoms with van der Waals surface area (Å²) in [5.74, 6) is 0.593. The van der Waals surface area contributed by atoms with E-state index in [1.165, 1.54) is 11.3 Å². The van der Waals surface area contributed by atoms with E-state index < -0.39 is 0 Å². The molecule has 0 aromatic carbocycles. The van der Waals surface area contributed by atoms with Gasteiger partial charge >= 0.3 is 0 Å². The van der Waals surface area contributed by atoms with Crippen LogP contribution in [0.4, 0.5) is 0 Å². The van der Waals surface area contributed by atoms with Crippen molar-refractivity contribution in [3.63, 3.8) is 0 Å². The second kappa shape index (κ2) is 4.92. The maximum absolute atomic E-state index is 12.0. The number of hydrogen-bond acceptors (Lipinski definition) is 4. The first-order chi connectivity index (χ1) is 10.7. The Kier molecular flexibility index (Phi) is 2.90. The maximum atomic E-state index is 12.0. The average molecular weight is 308 g/mol. The van der Waals surface area contributed by atoms with E-state index in [0.29, 0.717) is 11.2 Å². The third kappa shape index (κ3) is 2.05. The first-order valence-corrected chi connectivity index (χ1v) is 7.69. The molecule has 5 nitrogen and oxygen atoms in total. The Morgan fingerprint density at radius 2 is 2.27 bits per heavy atom. The molecule has 0 radical (unpaired) electrons. The Hall–Kier alpha value is -2.73. The fraction of sp³-hybridized carbons (Fsp3) is 0.0625. The summed E-state index contributed by atoms with van der Waals surface area (Å²) in [6, 6.07) is 7.70. The largest absolute Gasteiger partial charge is 0.306 e. The van der Waals surface area contributed by atoms with Crippen LogP contribution < -0.4 is 5.56 Å². The number of nitrogens with one attached hydrogen (secondary N) is 1. The van der Waals surface area contributed by atoms with E-state index in [1.807, 2.05) is 47.3 Å². The van der Waals surface area contributed by atoms with Gasteiger partial charge in [0, 0.05) is 11.8 Å². The zero-order valence-corrected chi connectivity index (χ0v) is 12.6. The van der Waals surface area contributed by atoms with Gasteiger partial charge in [0.15, 0.2) is 0 Å². The van der Waals surface area contributed by atoms with E-state index >= 15 is 0 Å². The standard InChI is InChI=1S/C16H12N4OS/c1-10(8-11-9-17-20-6-3-2-4-13(11)20)14-18-15(21)12-5-7-22-16(12)19-14/h2-9H,1H3,(H,18,19,21)/b10-8+. The van der Waals surface area contributed by atoms with E-state index in [9.17, 15) is 4.79 Å². The zero-order valence-electron chi connectivity index (χ0n) is 11.8. The Balaban J connectivity index is 1.85. The van der Waals surface area contributed by atoms with Crippen molar-refractivity contribution in [1.29, 1.82) is 0 Å². The molecule has 0 aliphatic rings. The van der Waals surface area contributed by atoms with Crippen LogP contribution in [0, 0.1) is 0 Å². The van der Waals surface area contributed by atoms with Gasteiger partial charge in [-0.2, -0.15) is 5.10 Å². The van der Waals surface area contributed by atoms with Gasteiger partial charge in [-0.05, 0) is 42.2 Å². The number of nitrogens with zero attached hydrogens (tertiary/aromatic N) is 3. The van der Waals surface area contributed by atoms with E-state index in [4.69, 9.17) is 0 Å². The van der Waals surface area contributed by atoms with E-state index in [2.05, 4.69) is 15.1 Å². The topological polar surface area (TPSA) is 63.1 Å². The molecule has 0 fully saturated rings. The SMILES string of the molecule is C/C(=C\c1cnn2ccccc12)c1nc2sccc2c(=O)[nH]1. The number of thiophene rings is 1. The molecule has 0 amide bonds. The first kappa shape index (κ1) is 13.0. The van der Waals surface area contributed by atoms with Crippen molar-refractivity contribution in [2.24, 2.45) is 0 Å². The van der Waals surface area contributed by atoms with Crippen molar-refractivity contribution in [1.82, 2.24) is 19.6 Å². The number of hydrogen-bond donors (Lipinski definition) is 1. The molecule has 4 heterocycles. The first-order valence-electron chi connectivity index (χ1n) is 6.81. The highest BCUT2D eigenvalue weighted by Gasteiger charge is 2.07. The van der Waals surface area contributed by atoms with E-state index in [-0.39, 0.29) is 5.56 Å². The lowest BCUT2D eigenvalue weighted by atomic mass is 10.1. The minimum Gasteiger partial charge on any atom is -0.306 e. The van der Waals surface area contributed by atoms with Crippen LogP contribution in [-0.2, 0) is 0 Å². The van der Waals surface area contributed by atoms with Crippen LogP contribution in [0.1, 0.15) is 18.3 Å². The third-order valence-corrected chi connectivity index (χ3v) is 4.34. The number of pyridine rings is 1. The molecule has 4 rings (SSSR count). The van der Waals surface area contributed by atoms with E-state index in [1.54, 1.807) is 12.3 Å². The van der Waals surface area contributed by atoms with Crippen molar-refractivity contribution in [3.05, 3.63) is 63.8 Å². The molecule has 4 aromatic heterocycles. The summed E-state index contributed by atoms with van der Waals surface area (Å²) < 4.78 is 1.82. The van der Waals surface area contributed by atoms with Crippen LogP contribution >= 0.6 is 11.3 Å². The van der Waals surface area contributed by atoms with Crippen LogP contribution in [0.5, 0.6) is 0 Å². The number of aromatic amines is 1. The Labute approximate surface area is 129 Å².